The standard InChI is InChI=1S/C19H25N3O4/c1-14-10-16(21-26-14)20-17(23)11-22(19(2,3)4)18(24)13-25-12-15-8-6-5-7-9-15/h5-10H,11-13H2,1-4H3,(H,20,21,23). The van der Waals surface area contributed by atoms with E-state index in [1.807, 2.05) is 51.1 Å². The van der Waals surface area contributed by atoms with Gasteiger partial charge in [0, 0.05) is 11.6 Å². The molecule has 0 aliphatic carbocycles. The molecule has 0 aliphatic rings. The number of carbonyl (C=O) groups excluding carboxylic acids is 2. The number of carbonyl (C=O) groups is 2. The molecular weight excluding hydrogens is 334 g/mol. The average Bonchev–Trinajstić information content (AvgIpc) is 2.97. The minimum absolute atomic E-state index is 0.0943. The van der Waals surface area contributed by atoms with E-state index < -0.39 is 5.54 Å². The second-order valence-electron chi connectivity index (χ2n) is 7.00. The fourth-order valence-corrected chi connectivity index (χ4v) is 2.36. The first-order valence-electron chi connectivity index (χ1n) is 8.41. The average molecular weight is 359 g/mol. The molecule has 2 rings (SSSR count). The summed E-state index contributed by atoms with van der Waals surface area (Å²) >= 11 is 0. The first-order chi connectivity index (χ1) is 12.3. The van der Waals surface area contributed by atoms with Gasteiger partial charge in [-0.2, -0.15) is 0 Å². The third-order valence-electron chi connectivity index (χ3n) is 3.65. The van der Waals surface area contributed by atoms with Crippen molar-refractivity contribution in [2.45, 2.75) is 39.8 Å². The summed E-state index contributed by atoms with van der Waals surface area (Å²) in [4.78, 5) is 26.3. The number of nitrogens with zero attached hydrogens (tertiary/aromatic N) is 2. The fourth-order valence-electron chi connectivity index (χ4n) is 2.36. The smallest absolute Gasteiger partial charge is 0.249 e. The van der Waals surface area contributed by atoms with Crippen molar-refractivity contribution in [3.05, 3.63) is 47.7 Å². The summed E-state index contributed by atoms with van der Waals surface area (Å²) in [6, 6.07) is 11.2. The number of amides is 2. The van der Waals surface area contributed by atoms with Gasteiger partial charge in [-0.05, 0) is 33.3 Å². The van der Waals surface area contributed by atoms with Crippen LogP contribution in [0.5, 0.6) is 0 Å². The molecule has 2 aromatic rings. The van der Waals surface area contributed by atoms with Crippen molar-refractivity contribution in [3.63, 3.8) is 0 Å². The number of hydrogen-bond donors (Lipinski definition) is 1. The molecule has 140 valence electrons. The van der Waals surface area contributed by atoms with Crippen molar-refractivity contribution in [1.29, 1.82) is 0 Å². The highest BCUT2D eigenvalue weighted by molar-refractivity contribution is 5.94. The number of aromatic nitrogens is 1. The highest BCUT2D eigenvalue weighted by atomic mass is 16.5. The third-order valence-corrected chi connectivity index (χ3v) is 3.65. The quantitative estimate of drug-likeness (QED) is 0.822. The minimum atomic E-state index is -0.524. The van der Waals surface area contributed by atoms with E-state index >= 15 is 0 Å². The van der Waals surface area contributed by atoms with Gasteiger partial charge in [-0.25, -0.2) is 0 Å². The van der Waals surface area contributed by atoms with Gasteiger partial charge in [0.05, 0.1) is 6.61 Å². The Hall–Kier alpha value is -2.67. The van der Waals surface area contributed by atoms with Crippen molar-refractivity contribution in [2.75, 3.05) is 18.5 Å². The van der Waals surface area contributed by atoms with Gasteiger partial charge >= 0.3 is 0 Å². The van der Waals surface area contributed by atoms with Crippen molar-refractivity contribution >= 4 is 17.6 Å². The molecule has 1 N–H and O–H groups in total. The van der Waals surface area contributed by atoms with Crippen molar-refractivity contribution in [3.8, 4) is 0 Å². The normalized spacial score (nSPS) is 11.2. The Labute approximate surface area is 153 Å². The van der Waals surface area contributed by atoms with Crippen molar-refractivity contribution < 1.29 is 18.8 Å². The molecule has 0 saturated carbocycles. The van der Waals surface area contributed by atoms with Crippen LogP contribution < -0.4 is 5.32 Å². The van der Waals surface area contributed by atoms with Crippen LogP contribution in [0.15, 0.2) is 40.9 Å². The first kappa shape index (κ1) is 19.7. The molecule has 1 aromatic carbocycles. The topological polar surface area (TPSA) is 84.7 Å². The van der Waals surface area contributed by atoms with E-state index in [0.717, 1.165) is 5.56 Å². The van der Waals surface area contributed by atoms with E-state index in [4.69, 9.17) is 9.26 Å². The highest BCUT2D eigenvalue weighted by Crippen LogP contribution is 2.15. The number of hydrogen-bond acceptors (Lipinski definition) is 5. The fraction of sp³-hybridized carbons (Fsp3) is 0.421. The van der Waals surface area contributed by atoms with Crippen molar-refractivity contribution in [2.24, 2.45) is 0 Å². The molecule has 0 unspecified atom stereocenters. The maximum Gasteiger partial charge on any atom is 0.249 e. The molecule has 1 heterocycles. The van der Waals surface area contributed by atoms with Gasteiger partial charge in [0.1, 0.15) is 18.9 Å². The molecule has 7 heteroatoms. The van der Waals surface area contributed by atoms with Crippen LogP contribution in [0.4, 0.5) is 5.82 Å². The van der Waals surface area contributed by atoms with Crippen LogP contribution >= 0.6 is 0 Å². The summed E-state index contributed by atoms with van der Waals surface area (Å²) in [6.45, 7) is 7.50. The number of aryl methyl sites for hydroxylation is 1. The molecular formula is C19H25N3O4. The van der Waals surface area contributed by atoms with E-state index in [0.29, 0.717) is 18.2 Å². The van der Waals surface area contributed by atoms with E-state index in [-0.39, 0.29) is 25.0 Å². The van der Waals surface area contributed by atoms with E-state index in [1.165, 1.54) is 4.90 Å². The number of rotatable bonds is 7. The van der Waals surface area contributed by atoms with Crippen LogP contribution in [0.2, 0.25) is 0 Å². The number of nitrogens with one attached hydrogen (secondary N) is 1. The molecule has 0 spiro atoms. The SMILES string of the molecule is Cc1cc(NC(=O)CN(C(=O)COCc2ccccc2)C(C)(C)C)no1. The van der Waals surface area contributed by atoms with E-state index in [9.17, 15) is 9.59 Å². The summed E-state index contributed by atoms with van der Waals surface area (Å²) in [7, 11) is 0. The van der Waals surface area contributed by atoms with Crippen LogP contribution in [0, 0.1) is 6.92 Å². The molecule has 0 radical (unpaired) electrons. The lowest BCUT2D eigenvalue weighted by atomic mass is 10.1. The zero-order valence-corrected chi connectivity index (χ0v) is 15.6. The summed E-state index contributed by atoms with van der Waals surface area (Å²) in [6.07, 6.45) is 0. The summed E-state index contributed by atoms with van der Waals surface area (Å²) in [5, 5.41) is 6.34. The Kier molecular flexibility index (Phi) is 6.52. The predicted octanol–water partition coefficient (Wildman–Crippen LogP) is 2.77. The second-order valence-corrected chi connectivity index (χ2v) is 7.00. The predicted molar refractivity (Wildman–Crippen MR) is 97.4 cm³/mol. The highest BCUT2D eigenvalue weighted by Gasteiger charge is 2.28. The minimum Gasteiger partial charge on any atom is -0.367 e. The second kappa shape index (κ2) is 8.62. The Bertz CT molecular complexity index is 735. The van der Waals surface area contributed by atoms with Gasteiger partial charge in [0.25, 0.3) is 0 Å². The molecule has 0 aliphatic heterocycles. The first-order valence-corrected chi connectivity index (χ1v) is 8.41. The third kappa shape index (κ3) is 6.00. The molecule has 1 aromatic heterocycles. The lowest BCUT2D eigenvalue weighted by molar-refractivity contribution is -0.144. The van der Waals surface area contributed by atoms with Gasteiger partial charge in [-0.3, -0.25) is 9.59 Å². The Morgan fingerprint density at radius 2 is 1.92 bits per heavy atom. The summed E-state index contributed by atoms with van der Waals surface area (Å²) in [5.41, 5.74) is 0.464. The summed E-state index contributed by atoms with van der Waals surface area (Å²) < 4.78 is 10.4. The maximum atomic E-state index is 12.6. The maximum absolute atomic E-state index is 12.6. The molecule has 0 saturated heterocycles. The van der Waals surface area contributed by atoms with Gasteiger partial charge in [0.2, 0.25) is 11.8 Å². The Balaban J connectivity index is 1.91. The molecule has 0 fully saturated rings. The van der Waals surface area contributed by atoms with Gasteiger partial charge in [-0.15, -0.1) is 0 Å². The van der Waals surface area contributed by atoms with Crippen LogP contribution in [0.1, 0.15) is 32.1 Å². The van der Waals surface area contributed by atoms with Crippen LogP contribution in [-0.4, -0.2) is 40.6 Å². The van der Waals surface area contributed by atoms with E-state index in [2.05, 4.69) is 10.5 Å². The Morgan fingerprint density at radius 1 is 1.23 bits per heavy atom. The zero-order chi connectivity index (χ0) is 19.2. The summed E-state index contributed by atoms with van der Waals surface area (Å²) in [5.74, 6) is 0.331. The molecule has 0 atom stereocenters. The van der Waals surface area contributed by atoms with Crippen molar-refractivity contribution in [1.82, 2.24) is 10.1 Å². The lowest BCUT2D eigenvalue weighted by Crippen LogP contribution is -2.50. The van der Waals surface area contributed by atoms with Crippen LogP contribution in [0.25, 0.3) is 0 Å². The van der Waals surface area contributed by atoms with E-state index in [1.54, 1.807) is 13.0 Å². The van der Waals surface area contributed by atoms with Crippen LogP contribution in [0.3, 0.4) is 0 Å². The lowest BCUT2D eigenvalue weighted by Gasteiger charge is -2.35. The zero-order valence-electron chi connectivity index (χ0n) is 15.6. The number of benzene rings is 1. The largest absolute Gasteiger partial charge is 0.367 e. The molecule has 0 bridgehead atoms. The van der Waals surface area contributed by atoms with Gasteiger partial charge in [-0.1, -0.05) is 35.5 Å². The molecule has 2 amide bonds. The van der Waals surface area contributed by atoms with Crippen LogP contribution in [-0.2, 0) is 20.9 Å². The van der Waals surface area contributed by atoms with Gasteiger partial charge < -0.3 is 19.5 Å². The number of ether oxygens (including phenoxy) is 1. The Morgan fingerprint density at radius 3 is 2.50 bits per heavy atom. The monoisotopic (exact) mass is 359 g/mol. The molecule has 26 heavy (non-hydrogen) atoms. The number of anilines is 1. The molecule has 7 nitrogen and oxygen atoms in total. The van der Waals surface area contributed by atoms with Gasteiger partial charge in [0.15, 0.2) is 5.82 Å².